The molecule has 1 saturated heterocycles. The first-order valence-corrected chi connectivity index (χ1v) is 8.96. The van der Waals surface area contributed by atoms with Gasteiger partial charge in [-0.3, -0.25) is 14.4 Å². The fourth-order valence-corrected chi connectivity index (χ4v) is 3.47. The Kier molecular flexibility index (Phi) is 5.66. The summed E-state index contributed by atoms with van der Waals surface area (Å²) in [6.07, 6.45) is 1.79. The van der Waals surface area contributed by atoms with E-state index < -0.39 is 0 Å². The van der Waals surface area contributed by atoms with Gasteiger partial charge in [0.05, 0.1) is 13.5 Å². The van der Waals surface area contributed by atoms with Crippen molar-refractivity contribution < 1.29 is 19.1 Å². The van der Waals surface area contributed by atoms with Crippen LogP contribution in [0.25, 0.3) is 10.8 Å². The summed E-state index contributed by atoms with van der Waals surface area (Å²) in [7, 11) is 1.31. The van der Waals surface area contributed by atoms with Gasteiger partial charge in [0.1, 0.15) is 0 Å². The maximum Gasteiger partial charge on any atom is 0.306 e. The quantitative estimate of drug-likeness (QED) is 0.612. The van der Waals surface area contributed by atoms with Crippen LogP contribution in [0.5, 0.6) is 0 Å². The monoisotopic (exact) mass is 353 g/mol. The van der Waals surface area contributed by atoms with E-state index in [4.69, 9.17) is 0 Å². The van der Waals surface area contributed by atoms with Crippen molar-refractivity contribution in [2.75, 3.05) is 20.2 Å². The van der Waals surface area contributed by atoms with E-state index in [1.807, 2.05) is 42.5 Å². The Morgan fingerprint density at radius 3 is 2.62 bits per heavy atom. The molecule has 3 rings (SSSR count). The SMILES string of the molecule is COC(=O)CCC(=O)N1CCCC(C(=O)c2ccc3ccccc3c2)C1. The number of rotatable bonds is 5. The third kappa shape index (κ3) is 4.10. The summed E-state index contributed by atoms with van der Waals surface area (Å²) in [5.41, 5.74) is 0.692. The molecule has 2 aromatic rings. The lowest BCUT2D eigenvalue weighted by atomic mass is 9.89. The molecule has 1 atom stereocenters. The number of amides is 1. The smallest absolute Gasteiger partial charge is 0.306 e. The number of esters is 1. The molecule has 5 heteroatoms. The molecule has 1 aliphatic rings. The minimum atomic E-state index is -0.390. The van der Waals surface area contributed by atoms with Gasteiger partial charge in [0.15, 0.2) is 5.78 Å². The number of nitrogens with zero attached hydrogens (tertiary/aromatic N) is 1. The second-order valence-electron chi connectivity index (χ2n) is 6.68. The van der Waals surface area contributed by atoms with Crippen molar-refractivity contribution in [3.8, 4) is 0 Å². The Balaban J connectivity index is 1.67. The fraction of sp³-hybridized carbons (Fsp3) is 0.381. The predicted octanol–water partition coefficient (Wildman–Crippen LogP) is 3.21. The first-order valence-electron chi connectivity index (χ1n) is 8.96. The minimum Gasteiger partial charge on any atom is -0.469 e. The Bertz CT molecular complexity index is 830. The van der Waals surface area contributed by atoms with Crippen LogP contribution in [0.3, 0.4) is 0 Å². The predicted molar refractivity (Wildman–Crippen MR) is 98.8 cm³/mol. The van der Waals surface area contributed by atoms with Gasteiger partial charge in [-0.15, -0.1) is 0 Å². The summed E-state index contributed by atoms with van der Waals surface area (Å²) >= 11 is 0. The molecule has 0 radical (unpaired) electrons. The summed E-state index contributed by atoms with van der Waals surface area (Å²) in [4.78, 5) is 38.1. The van der Waals surface area contributed by atoms with Crippen LogP contribution >= 0.6 is 0 Å². The van der Waals surface area contributed by atoms with E-state index in [0.29, 0.717) is 18.7 Å². The lowest BCUT2D eigenvalue weighted by Gasteiger charge is -2.32. The zero-order valence-electron chi connectivity index (χ0n) is 14.9. The van der Waals surface area contributed by atoms with Crippen molar-refractivity contribution in [3.05, 3.63) is 48.0 Å². The third-order valence-electron chi connectivity index (χ3n) is 4.95. The number of methoxy groups -OCH3 is 1. The van der Waals surface area contributed by atoms with Crippen molar-refractivity contribution in [2.24, 2.45) is 5.92 Å². The van der Waals surface area contributed by atoms with Crippen LogP contribution in [0.1, 0.15) is 36.0 Å². The van der Waals surface area contributed by atoms with Crippen LogP contribution in [0.2, 0.25) is 0 Å². The van der Waals surface area contributed by atoms with Crippen molar-refractivity contribution in [3.63, 3.8) is 0 Å². The number of ketones is 1. The molecule has 0 aromatic heterocycles. The number of hydrogen-bond donors (Lipinski definition) is 0. The van der Waals surface area contributed by atoms with E-state index >= 15 is 0 Å². The fourth-order valence-electron chi connectivity index (χ4n) is 3.47. The standard InChI is InChI=1S/C21H23NO4/c1-26-20(24)11-10-19(23)22-12-4-7-18(14-22)21(25)17-9-8-15-5-2-3-6-16(15)13-17/h2-3,5-6,8-9,13,18H,4,7,10-12,14H2,1H3. The lowest BCUT2D eigenvalue weighted by Crippen LogP contribution is -2.42. The maximum atomic E-state index is 12.9. The molecule has 0 bridgehead atoms. The van der Waals surface area contributed by atoms with Gasteiger partial charge in [-0.2, -0.15) is 0 Å². The second-order valence-corrected chi connectivity index (χ2v) is 6.68. The van der Waals surface area contributed by atoms with Crippen LogP contribution in [-0.4, -0.2) is 42.8 Å². The zero-order valence-corrected chi connectivity index (χ0v) is 14.9. The van der Waals surface area contributed by atoms with Crippen LogP contribution in [0.15, 0.2) is 42.5 Å². The topological polar surface area (TPSA) is 63.7 Å². The number of piperidine rings is 1. The molecular weight excluding hydrogens is 330 g/mol. The number of likely N-dealkylation sites (tertiary alicyclic amines) is 1. The molecule has 0 spiro atoms. The molecule has 1 aliphatic heterocycles. The largest absolute Gasteiger partial charge is 0.469 e. The molecule has 26 heavy (non-hydrogen) atoms. The zero-order chi connectivity index (χ0) is 18.5. The summed E-state index contributed by atoms with van der Waals surface area (Å²) in [5, 5.41) is 2.15. The van der Waals surface area contributed by atoms with Gasteiger partial charge in [-0.05, 0) is 29.7 Å². The molecule has 1 heterocycles. The van der Waals surface area contributed by atoms with E-state index in [0.717, 1.165) is 23.6 Å². The summed E-state index contributed by atoms with van der Waals surface area (Å²) in [6.45, 7) is 1.06. The molecule has 0 aliphatic carbocycles. The summed E-state index contributed by atoms with van der Waals surface area (Å²) < 4.78 is 4.58. The highest BCUT2D eigenvalue weighted by molar-refractivity contribution is 6.01. The highest BCUT2D eigenvalue weighted by atomic mass is 16.5. The first kappa shape index (κ1) is 18.1. The number of carbonyl (C=O) groups is 3. The Labute approximate surface area is 152 Å². The van der Waals surface area contributed by atoms with Gasteiger partial charge in [-0.25, -0.2) is 0 Å². The first-order chi connectivity index (χ1) is 12.6. The molecule has 5 nitrogen and oxygen atoms in total. The second kappa shape index (κ2) is 8.13. The molecule has 136 valence electrons. The molecule has 0 saturated carbocycles. The average Bonchev–Trinajstić information content (AvgIpc) is 2.70. The van der Waals surface area contributed by atoms with Crippen LogP contribution in [0.4, 0.5) is 0 Å². The molecular formula is C21H23NO4. The average molecular weight is 353 g/mol. The number of benzene rings is 2. The highest BCUT2D eigenvalue weighted by Crippen LogP contribution is 2.24. The van der Waals surface area contributed by atoms with Crippen LogP contribution in [0, 0.1) is 5.92 Å². The molecule has 1 amide bonds. The van der Waals surface area contributed by atoms with Gasteiger partial charge in [-0.1, -0.05) is 36.4 Å². The van der Waals surface area contributed by atoms with Crippen LogP contribution in [-0.2, 0) is 14.3 Å². The molecule has 1 fully saturated rings. The van der Waals surface area contributed by atoms with Gasteiger partial charge in [0.2, 0.25) is 5.91 Å². The van der Waals surface area contributed by atoms with E-state index in [-0.39, 0.29) is 36.4 Å². The van der Waals surface area contributed by atoms with Crippen LogP contribution < -0.4 is 0 Å². The van der Waals surface area contributed by atoms with E-state index in [1.165, 1.54) is 7.11 Å². The highest BCUT2D eigenvalue weighted by Gasteiger charge is 2.29. The van der Waals surface area contributed by atoms with E-state index in [9.17, 15) is 14.4 Å². The van der Waals surface area contributed by atoms with Crippen molar-refractivity contribution >= 4 is 28.4 Å². The third-order valence-corrected chi connectivity index (χ3v) is 4.95. The Morgan fingerprint density at radius 2 is 1.85 bits per heavy atom. The minimum absolute atomic E-state index is 0.0785. The summed E-state index contributed by atoms with van der Waals surface area (Å²) in [5.74, 6) is -0.584. The van der Waals surface area contributed by atoms with Crippen molar-refractivity contribution in [1.82, 2.24) is 4.90 Å². The Morgan fingerprint density at radius 1 is 1.08 bits per heavy atom. The van der Waals surface area contributed by atoms with Gasteiger partial charge >= 0.3 is 5.97 Å². The number of hydrogen-bond acceptors (Lipinski definition) is 4. The number of Topliss-reactive ketones (excluding diaryl/α,β-unsaturated/α-hetero) is 1. The number of ether oxygens (including phenoxy) is 1. The van der Waals surface area contributed by atoms with Gasteiger partial charge in [0, 0.05) is 31.0 Å². The summed E-state index contributed by atoms with van der Waals surface area (Å²) in [6, 6.07) is 13.7. The van der Waals surface area contributed by atoms with E-state index in [1.54, 1.807) is 4.90 Å². The Hall–Kier alpha value is -2.69. The normalized spacial score (nSPS) is 17.1. The lowest BCUT2D eigenvalue weighted by molar-refractivity contribution is -0.144. The van der Waals surface area contributed by atoms with Gasteiger partial charge in [0.25, 0.3) is 0 Å². The number of fused-ring (bicyclic) bond motifs is 1. The van der Waals surface area contributed by atoms with E-state index in [2.05, 4.69) is 4.74 Å². The number of carbonyl (C=O) groups excluding carboxylic acids is 3. The molecule has 0 N–H and O–H groups in total. The van der Waals surface area contributed by atoms with Crippen molar-refractivity contribution in [2.45, 2.75) is 25.7 Å². The maximum absolute atomic E-state index is 12.9. The molecule has 2 aromatic carbocycles. The van der Waals surface area contributed by atoms with Crippen molar-refractivity contribution in [1.29, 1.82) is 0 Å². The molecule has 1 unspecified atom stereocenters. The van der Waals surface area contributed by atoms with Gasteiger partial charge < -0.3 is 9.64 Å².